The molecule has 1 atom stereocenters. The van der Waals surface area contributed by atoms with Gasteiger partial charge in [0.1, 0.15) is 11.5 Å². The summed E-state index contributed by atoms with van der Waals surface area (Å²) in [4.78, 5) is 9.00. The zero-order valence-corrected chi connectivity index (χ0v) is 16.3. The molecule has 0 bridgehead atoms. The molecule has 0 radical (unpaired) electrons. The Morgan fingerprint density at radius 2 is 1.85 bits per heavy atom. The summed E-state index contributed by atoms with van der Waals surface area (Å²) in [6, 6.07) is 8.58. The number of halogens is 1. The number of hydrogen-bond acceptors (Lipinski definition) is 4. The highest BCUT2D eigenvalue weighted by Crippen LogP contribution is 2.30. The third-order valence-corrected chi connectivity index (χ3v) is 4.35. The summed E-state index contributed by atoms with van der Waals surface area (Å²) in [5, 5.41) is 8.06. The van der Waals surface area contributed by atoms with E-state index in [-0.39, 0.29) is 5.82 Å². The lowest BCUT2D eigenvalue weighted by atomic mass is 10.1. The van der Waals surface area contributed by atoms with Crippen LogP contribution in [0.1, 0.15) is 34.1 Å². The van der Waals surface area contributed by atoms with E-state index in [1.807, 2.05) is 16.9 Å². The number of rotatable bonds is 7. The number of aromatic nitrogens is 4. The van der Waals surface area contributed by atoms with Gasteiger partial charge in [0.05, 0.1) is 5.69 Å². The van der Waals surface area contributed by atoms with Crippen molar-refractivity contribution >= 4 is 5.95 Å². The number of benzene rings is 1. The summed E-state index contributed by atoms with van der Waals surface area (Å²) in [5.74, 6) is 0.805. The molecule has 1 aromatic carbocycles. The van der Waals surface area contributed by atoms with Crippen LogP contribution < -0.4 is 5.32 Å². The first-order valence-electron chi connectivity index (χ1n) is 9.39. The predicted octanol–water partition coefficient (Wildman–Crippen LogP) is 5.01. The molecule has 0 aliphatic carbocycles. The average molecular weight is 367 g/mol. The molecular weight excluding hydrogens is 341 g/mol. The van der Waals surface area contributed by atoms with E-state index in [0.717, 1.165) is 35.5 Å². The van der Waals surface area contributed by atoms with Gasteiger partial charge in [-0.1, -0.05) is 20.8 Å². The normalized spacial score (nSPS) is 12.4. The third kappa shape index (κ3) is 4.70. The molecule has 3 aromatic rings. The maximum Gasteiger partial charge on any atom is 0.223 e. The summed E-state index contributed by atoms with van der Waals surface area (Å²) in [6.07, 6.45) is 4.75. The Kier molecular flexibility index (Phi) is 5.84. The quantitative estimate of drug-likeness (QED) is 0.637. The standard InChI is InChI=1S/C21H26FN5/c1-5-15(4)24-21-23-11-10-19(25-21)18-13-27(12-14(2)3)26-20(18)16-6-8-17(22)9-7-16/h6-11,13-15H,5,12H2,1-4H3,(H,23,24,25). The van der Waals surface area contributed by atoms with Gasteiger partial charge in [0.25, 0.3) is 0 Å². The van der Waals surface area contributed by atoms with Gasteiger partial charge in [-0.25, -0.2) is 14.4 Å². The van der Waals surface area contributed by atoms with Gasteiger partial charge in [-0.3, -0.25) is 4.68 Å². The molecule has 0 spiro atoms. The van der Waals surface area contributed by atoms with Gasteiger partial charge in [0, 0.05) is 36.1 Å². The molecule has 0 saturated heterocycles. The summed E-state index contributed by atoms with van der Waals surface area (Å²) in [5.41, 5.74) is 3.37. The maximum atomic E-state index is 13.4. The number of anilines is 1. The van der Waals surface area contributed by atoms with Crippen molar-refractivity contribution in [1.82, 2.24) is 19.7 Å². The van der Waals surface area contributed by atoms with Crippen LogP contribution >= 0.6 is 0 Å². The molecular formula is C21H26FN5. The lowest BCUT2D eigenvalue weighted by Crippen LogP contribution is -2.15. The average Bonchev–Trinajstić information content (AvgIpc) is 3.05. The van der Waals surface area contributed by atoms with Gasteiger partial charge in [-0.2, -0.15) is 5.10 Å². The molecule has 0 saturated carbocycles. The van der Waals surface area contributed by atoms with Gasteiger partial charge < -0.3 is 5.32 Å². The van der Waals surface area contributed by atoms with Gasteiger partial charge in [0.2, 0.25) is 5.95 Å². The van der Waals surface area contributed by atoms with Crippen LogP contribution in [0.25, 0.3) is 22.5 Å². The summed E-state index contributed by atoms with van der Waals surface area (Å²) >= 11 is 0. The molecule has 2 aromatic heterocycles. The van der Waals surface area contributed by atoms with Crippen LogP contribution in [0.5, 0.6) is 0 Å². The zero-order chi connectivity index (χ0) is 19.4. The maximum absolute atomic E-state index is 13.4. The van der Waals surface area contributed by atoms with Crippen molar-refractivity contribution in [2.75, 3.05) is 5.32 Å². The Bertz CT molecular complexity index is 886. The summed E-state index contributed by atoms with van der Waals surface area (Å²) in [6.45, 7) is 9.32. The van der Waals surface area contributed by atoms with Crippen molar-refractivity contribution in [3.8, 4) is 22.5 Å². The van der Waals surface area contributed by atoms with Crippen LogP contribution in [0, 0.1) is 11.7 Å². The fourth-order valence-electron chi connectivity index (χ4n) is 2.80. The van der Waals surface area contributed by atoms with Crippen LogP contribution in [0.4, 0.5) is 10.3 Å². The highest BCUT2D eigenvalue weighted by Gasteiger charge is 2.16. The van der Waals surface area contributed by atoms with E-state index >= 15 is 0 Å². The van der Waals surface area contributed by atoms with E-state index < -0.39 is 0 Å². The molecule has 1 unspecified atom stereocenters. The van der Waals surface area contributed by atoms with Crippen molar-refractivity contribution in [1.29, 1.82) is 0 Å². The Morgan fingerprint density at radius 1 is 1.11 bits per heavy atom. The molecule has 27 heavy (non-hydrogen) atoms. The van der Waals surface area contributed by atoms with Gasteiger partial charge in [-0.15, -0.1) is 0 Å². The first-order chi connectivity index (χ1) is 13.0. The minimum atomic E-state index is -0.260. The number of nitrogens with zero attached hydrogens (tertiary/aromatic N) is 4. The van der Waals surface area contributed by atoms with Crippen LogP contribution in [-0.4, -0.2) is 25.8 Å². The summed E-state index contributed by atoms with van der Waals surface area (Å²) in [7, 11) is 0. The Balaban J connectivity index is 2.04. The van der Waals surface area contributed by atoms with E-state index in [1.165, 1.54) is 12.1 Å². The number of nitrogens with one attached hydrogen (secondary N) is 1. The molecule has 3 rings (SSSR count). The predicted molar refractivity (Wildman–Crippen MR) is 107 cm³/mol. The Morgan fingerprint density at radius 3 is 2.52 bits per heavy atom. The zero-order valence-electron chi connectivity index (χ0n) is 16.3. The second-order valence-electron chi connectivity index (χ2n) is 7.23. The lowest BCUT2D eigenvalue weighted by molar-refractivity contribution is 0.484. The van der Waals surface area contributed by atoms with Gasteiger partial charge in [-0.05, 0) is 49.6 Å². The topological polar surface area (TPSA) is 55.6 Å². The molecule has 6 heteroatoms. The lowest BCUT2D eigenvalue weighted by Gasteiger charge is -2.11. The fraction of sp³-hybridized carbons (Fsp3) is 0.381. The van der Waals surface area contributed by atoms with E-state index in [0.29, 0.717) is 17.9 Å². The van der Waals surface area contributed by atoms with Gasteiger partial charge in [0.15, 0.2) is 0 Å². The first kappa shape index (κ1) is 19.0. The largest absolute Gasteiger partial charge is 0.352 e. The van der Waals surface area contributed by atoms with E-state index in [2.05, 4.69) is 43.0 Å². The second kappa shape index (κ2) is 8.29. The molecule has 5 nitrogen and oxygen atoms in total. The smallest absolute Gasteiger partial charge is 0.223 e. The molecule has 0 aliphatic rings. The van der Waals surface area contributed by atoms with Crippen molar-refractivity contribution in [2.45, 2.75) is 46.7 Å². The minimum Gasteiger partial charge on any atom is -0.352 e. The Labute approximate surface area is 159 Å². The van der Waals surface area contributed by atoms with Crippen LogP contribution in [0.3, 0.4) is 0 Å². The highest BCUT2D eigenvalue weighted by atomic mass is 19.1. The number of hydrogen-bond donors (Lipinski definition) is 1. The highest BCUT2D eigenvalue weighted by molar-refractivity contribution is 5.78. The molecule has 1 N–H and O–H groups in total. The van der Waals surface area contributed by atoms with Crippen LogP contribution in [0.2, 0.25) is 0 Å². The molecule has 0 amide bonds. The van der Waals surface area contributed by atoms with Crippen molar-refractivity contribution < 1.29 is 4.39 Å². The molecule has 0 fully saturated rings. The van der Waals surface area contributed by atoms with Crippen molar-refractivity contribution in [3.05, 3.63) is 48.5 Å². The van der Waals surface area contributed by atoms with E-state index in [4.69, 9.17) is 5.10 Å². The Hall–Kier alpha value is -2.76. The molecule has 0 aliphatic heterocycles. The molecule has 2 heterocycles. The van der Waals surface area contributed by atoms with Crippen LogP contribution in [-0.2, 0) is 6.54 Å². The van der Waals surface area contributed by atoms with Crippen molar-refractivity contribution in [3.63, 3.8) is 0 Å². The SMILES string of the molecule is CCC(C)Nc1nccc(-c2cn(CC(C)C)nc2-c2ccc(F)cc2)n1. The molecule has 142 valence electrons. The van der Waals surface area contributed by atoms with Crippen LogP contribution in [0.15, 0.2) is 42.7 Å². The van der Waals surface area contributed by atoms with E-state index in [1.54, 1.807) is 18.3 Å². The first-order valence-corrected chi connectivity index (χ1v) is 9.39. The minimum absolute atomic E-state index is 0.260. The van der Waals surface area contributed by atoms with Crippen molar-refractivity contribution in [2.24, 2.45) is 5.92 Å². The second-order valence-corrected chi connectivity index (χ2v) is 7.23. The van der Waals surface area contributed by atoms with Gasteiger partial charge >= 0.3 is 0 Å². The monoisotopic (exact) mass is 367 g/mol. The van der Waals surface area contributed by atoms with E-state index in [9.17, 15) is 4.39 Å². The summed E-state index contributed by atoms with van der Waals surface area (Å²) < 4.78 is 15.3. The third-order valence-electron chi connectivity index (χ3n) is 4.35. The fourth-order valence-corrected chi connectivity index (χ4v) is 2.80.